The molecule has 0 unspecified atom stereocenters. The molecule has 1 saturated heterocycles. The molecule has 38 heavy (non-hydrogen) atoms. The minimum absolute atomic E-state index is 0.00198. The van der Waals surface area contributed by atoms with E-state index in [1.165, 1.54) is 16.8 Å². The van der Waals surface area contributed by atoms with Gasteiger partial charge in [0.05, 0.1) is 12.6 Å². The highest BCUT2D eigenvalue weighted by molar-refractivity contribution is 6.31. The van der Waals surface area contributed by atoms with Gasteiger partial charge in [-0.15, -0.1) is 5.10 Å². The van der Waals surface area contributed by atoms with Gasteiger partial charge >= 0.3 is 6.09 Å². The second-order valence-corrected chi connectivity index (χ2v) is 10.4. The van der Waals surface area contributed by atoms with E-state index in [4.69, 9.17) is 25.8 Å². The molecule has 3 heterocycles. The van der Waals surface area contributed by atoms with Crippen molar-refractivity contribution in [3.8, 4) is 5.75 Å². The molecule has 2 aromatic rings. The van der Waals surface area contributed by atoms with E-state index < -0.39 is 42.3 Å². The Kier molecular flexibility index (Phi) is 8.07. The third-order valence-electron chi connectivity index (χ3n) is 6.25. The number of rotatable bonds is 6. The monoisotopic (exact) mass is 559 g/mol. The van der Waals surface area contributed by atoms with Crippen LogP contribution in [-0.2, 0) is 34.3 Å². The minimum Gasteiger partial charge on any atom is -0.484 e. The first-order valence-corrected chi connectivity index (χ1v) is 12.4. The number of ether oxygens (including phenoxy) is 3. The molecule has 0 N–H and O–H groups in total. The number of alkyl halides is 2. The summed E-state index contributed by atoms with van der Waals surface area (Å²) < 4.78 is 60.0. The molecule has 1 atom stereocenters. The van der Waals surface area contributed by atoms with E-state index in [0.29, 0.717) is 12.2 Å². The average molecular weight is 560 g/mol. The van der Waals surface area contributed by atoms with Crippen molar-refractivity contribution in [3.05, 3.63) is 39.4 Å². The quantitative estimate of drug-likeness (QED) is 0.530. The number of carbonyl (C=O) groups excluding carboxylic acids is 2. The highest BCUT2D eigenvalue weighted by Gasteiger charge is 2.40. The van der Waals surface area contributed by atoms with Crippen LogP contribution >= 0.6 is 11.6 Å². The van der Waals surface area contributed by atoms with Gasteiger partial charge in [0.1, 0.15) is 30.2 Å². The van der Waals surface area contributed by atoms with E-state index in [2.05, 4.69) is 10.3 Å². The van der Waals surface area contributed by atoms with Crippen LogP contribution < -0.4 is 4.74 Å². The van der Waals surface area contributed by atoms with Crippen molar-refractivity contribution in [3.63, 3.8) is 0 Å². The van der Waals surface area contributed by atoms with Crippen LogP contribution in [0.1, 0.15) is 55.8 Å². The van der Waals surface area contributed by atoms with Crippen LogP contribution in [0.5, 0.6) is 5.75 Å². The Hall–Kier alpha value is -3.06. The maximum atomic E-state index is 15.4. The normalized spacial score (nSPS) is 18.1. The fraction of sp³-hybridized carbons (Fsp3) is 0.583. The van der Waals surface area contributed by atoms with Crippen molar-refractivity contribution in [1.29, 1.82) is 0 Å². The van der Waals surface area contributed by atoms with E-state index in [-0.39, 0.29) is 60.6 Å². The van der Waals surface area contributed by atoms with Gasteiger partial charge in [0.25, 0.3) is 6.43 Å². The zero-order valence-electron chi connectivity index (χ0n) is 21.5. The van der Waals surface area contributed by atoms with Crippen LogP contribution in [0.15, 0.2) is 6.07 Å². The first kappa shape index (κ1) is 28.0. The third kappa shape index (κ3) is 5.83. The van der Waals surface area contributed by atoms with E-state index in [9.17, 15) is 18.4 Å². The van der Waals surface area contributed by atoms with Gasteiger partial charge in [-0.05, 0) is 38.8 Å². The van der Waals surface area contributed by atoms with E-state index in [0.717, 1.165) is 10.7 Å². The summed E-state index contributed by atoms with van der Waals surface area (Å²) in [4.78, 5) is 28.7. The van der Waals surface area contributed by atoms with E-state index >= 15 is 4.39 Å². The molecule has 208 valence electrons. The number of halogens is 4. The topological polar surface area (TPSA) is 99.0 Å². The summed E-state index contributed by atoms with van der Waals surface area (Å²) in [7, 11) is 1.32. The first-order chi connectivity index (χ1) is 17.9. The predicted molar refractivity (Wildman–Crippen MR) is 128 cm³/mol. The zero-order valence-corrected chi connectivity index (χ0v) is 22.2. The van der Waals surface area contributed by atoms with Crippen LogP contribution in [0.25, 0.3) is 0 Å². The van der Waals surface area contributed by atoms with Crippen LogP contribution in [0.3, 0.4) is 0 Å². The molecule has 0 spiro atoms. The molecule has 0 aliphatic carbocycles. The molecule has 0 saturated carbocycles. The summed E-state index contributed by atoms with van der Waals surface area (Å²) in [6, 6.07) is 0.191. The molecule has 1 aromatic carbocycles. The van der Waals surface area contributed by atoms with Gasteiger partial charge in [0, 0.05) is 37.3 Å². The lowest BCUT2D eigenvalue weighted by Crippen LogP contribution is -2.50. The smallest absolute Gasteiger partial charge is 0.410 e. The number of morpholine rings is 1. The average Bonchev–Trinajstić information content (AvgIpc) is 3.19. The summed E-state index contributed by atoms with van der Waals surface area (Å²) in [5.41, 5.74) is -0.659. The lowest BCUT2D eigenvalue weighted by molar-refractivity contribution is -0.143. The Labute approximate surface area is 222 Å². The van der Waals surface area contributed by atoms with Gasteiger partial charge in [-0.3, -0.25) is 9.69 Å². The number of nitrogens with zero attached hydrogens (tertiary/aromatic N) is 5. The molecule has 4 rings (SSSR count). The number of aryl methyl sites for hydroxylation is 1. The molecule has 1 aromatic heterocycles. The van der Waals surface area contributed by atoms with Gasteiger partial charge in [0.2, 0.25) is 5.91 Å². The molecule has 1 fully saturated rings. The van der Waals surface area contributed by atoms with Crippen molar-refractivity contribution in [1.82, 2.24) is 24.8 Å². The SMILES string of the molecule is Cn1nnc(COc2c(F)cc(Cl)c3c2[C@@H](CN2CCOCC2=O)N(C(=O)OC(C)(C)C)CC3)c1C(F)F. The Morgan fingerprint density at radius 3 is 2.71 bits per heavy atom. The fourth-order valence-electron chi connectivity index (χ4n) is 4.55. The van der Waals surface area contributed by atoms with Gasteiger partial charge in [-0.2, -0.15) is 0 Å². The highest BCUT2D eigenvalue weighted by atomic mass is 35.5. The number of fused-ring (bicyclic) bond motifs is 1. The zero-order chi connectivity index (χ0) is 27.8. The third-order valence-corrected chi connectivity index (χ3v) is 6.59. The van der Waals surface area contributed by atoms with E-state index in [1.807, 2.05) is 0 Å². The maximum Gasteiger partial charge on any atom is 0.410 e. The summed E-state index contributed by atoms with van der Waals surface area (Å²) >= 11 is 6.42. The summed E-state index contributed by atoms with van der Waals surface area (Å²) in [6.45, 7) is 5.28. The summed E-state index contributed by atoms with van der Waals surface area (Å²) in [6.07, 6.45) is -3.28. The lowest BCUT2D eigenvalue weighted by Gasteiger charge is -2.41. The van der Waals surface area contributed by atoms with Crippen molar-refractivity contribution in [2.24, 2.45) is 7.05 Å². The van der Waals surface area contributed by atoms with E-state index in [1.54, 1.807) is 20.8 Å². The van der Waals surface area contributed by atoms with Gasteiger partial charge < -0.3 is 19.1 Å². The lowest BCUT2D eigenvalue weighted by atomic mass is 9.90. The van der Waals surface area contributed by atoms with Crippen molar-refractivity contribution in [2.75, 3.05) is 32.8 Å². The van der Waals surface area contributed by atoms with Gasteiger partial charge in [0.15, 0.2) is 11.6 Å². The second kappa shape index (κ2) is 11.0. The minimum atomic E-state index is -2.87. The van der Waals surface area contributed by atoms with Crippen LogP contribution in [-0.4, -0.2) is 75.2 Å². The Morgan fingerprint density at radius 1 is 1.32 bits per heavy atom. The van der Waals surface area contributed by atoms with Crippen molar-refractivity contribution in [2.45, 2.75) is 51.9 Å². The number of benzene rings is 1. The molecule has 2 amide bonds. The first-order valence-electron chi connectivity index (χ1n) is 12.0. The number of hydrogen-bond donors (Lipinski definition) is 0. The molecule has 10 nitrogen and oxygen atoms in total. The predicted octanol–water partition coefficient (Wildman–Crippen LogP) is 3.82. The summed E-state index contributed by atoms with van der Waals surface area (Å²) in [5, 5.41) is 7.46. The molecule has 14 heteroatoms. The standard InChI is InChI=1S/C24H29ClF3N5O5/c1-24(2,3)38-23(35)33-6-5-13-14(25)9-15(26)21(37-11-16-20(22(27)28)31(4)30-29-16)19(13)17(33)10-32-7-8-36-12-18(32)34/h9,17,22H,5-8,10-12H2,1-4H3/t17-/m1/s1. The largest absolute Gasteiger partial charge is 0.484 e. The Bertz CT molecular complexity index is 1220. The fourth-order valence-corrected chi connectivity index (χ4v) is 4.85. The number of carbonyl (C=O) groups is 2. The number of hydrogen-bond acceptors (Lipinski definition) is 7. The molecular formula is C24H29ClF3N5O5. The van der Waals surface area contributed by atoms with Crippen molar-refractivity contribution >= 4 is 23.6 Å². The Balaban J connectivity index is 1.76. The number of aromatic nitrogens is 3. The molecule has 2 aliphatic heterocycles. The molecule has 0 radical (unpaired) electrons. The van der Waals surface area contributed by atoms with Crippen molar-refractivity contribution < 1.29 is 37.0 Å². The van der Waals surface area contributed by atoms with Crippen LogP contribution in [0.2, 0.25) is 5.02 Å². The highest BCUT2D eigenvalue weighted by Crippen LogP contribution is 2.43. The van der Waals surface area contributed by atoms with Gasteiger partial charge in [-0.25, -0.2) is 22.6 Å². The molecule has 2 aliphatic rings. The van der Waals surface area contributed by atoms with Crippen LogP contribution in [0, 0.1) is 5.82 Å². The summed E-state index contributed by atoms with van der Waals surface area (Å²) in [5.74, 6) is -1.41. The second-order valence-electron chi connectivity index (χ2n) is 10.0. The maximum absolute atomic E-state index is 15.4. The van der Waals surface area contributed by atoms with Gasteiger partial charge in [-0.1, -0.05) is 16.8 Å². The Morgan fingerprint density at radius 2 is 2.05 bits per heavy atom. The number of amides is 2. The molecular weight excluding hydrogens is 531 g/mol. The molecule has 0 bridgehead atoms. The van der Waals surface area contributed by atoms with Crippen LogP contribution in [0.4, 0.5) is 18.0 Å².